The zero-order valence-electron chi connectivity index (χ0n) is 9.01. The third-order valence-corrected chi connectivity index (χ3v) is 2.24. The van der Waals surface area contributed by atoms with Gasteiger partial charge in [0, 0.05) is 5.69 Å². The van der Waals surface area contributed by atoms with Gasteiger partial charge in [-0.25, -0.2) is 0 Å². The molecule has 13 heavy (non-hydrogen) atoms. The zero-order valence-corrected chi connectivity index (χ0v) is 9.01. The highest BCUT2D eigenvalue weighted by atomic mass is 16.5. The maximum Gasteiger partial charge on any atom is 0.140 e. The molecule has 0 aliphatic rings. The van der Waals surface area contributed by atoms with Crippen molar-refractivity contribution >= 4 is 0 Å². The minimum Gasteiger partial charge on any atom is -0.495 e. The Morgan fingerprint density at radius 2 is 1.85 bits per heavy atom. The predicted octanol–water partition coefficient (Wildman–Crippen LogP) is 2.83. The van der Waals surface area contributed by atoms with E-state index < -0.39 is 0 Å². The molecule has 0 fully saturated rings. The number of hydrogen-bond donors (Lipinski definition) is 0. The highest BCUT2D eigenvalue weighted by Crippen LogP contribution is 2.24. The molecule has 0 aliphatic carbocycles. The highest BCUT2D eigenvalue weighted by Gasteiger charge is 2.08. The number of methoxy groups -OCH3 is 1. The second-order valence-corrected chi connectivity index (χ2v) is 3.61. The van der Waals surface area contributed by atoms with Gasteiger partial charge < -0.3 is 4.74 Å². The summed E-state index contributed by atoms with van der Waals surface area (Å²) >= 11 is 0. The van der Waals surface area contributed by atoms with E-state index in [1.807, 2.05) is 13.8 Å². The van der Waals surface area contributed by atoms with Crippen LogP contribution in [0.2, 0.25) is 0 Å². The summed E-state index contributed by atoms with van der Waals surface area (Å²) in [7, 11) is 1.68. The minimum atomic E-state index is 0.502. The number of aromatic nitrogens is 1. The zero-order chi connectivity index (χ0) is 10.0. The van der Waals surface area contributed by atoms with E-state index in [4.69, 9.17) is 4.74 Å². The first-order valence-corrected chi connectivity index (χ1v) is 4.58. The molecule has 0 aliphatic heterocycles. The summed E-state index contributed by atoms with van der Waals surface area (Å²) in [6.07, 6.45) is 0. The van der Waals surface area contributed by atoms with E-state index in [-0.39, 0.29) is 0 Å². The van der Waals surface area contributed by atoms with Crippen LogP contribution in [0.3, 0.4) is 0 Å². The lowest BCUT2D eigenvalue weighted by Gasteiger charge is -2.12. The lowest BCUT2D eigenvalue weighted by molar-refractivity contribution is 0.408. The standard InChI is InChI=1S/C11H17NO/c1-7(2)10-6-11(13-5)9(4)12-8(10)3/h6-7H,1-5H3. The molecule has 2 nitrogen and oxygen atoms in total. The Hall–Kier alpha value is -1.05. The minimum absolute atomic E-state index is 0.502. The number of aryl methyl sites for hydroxylation is 2. The lowest BCUT2D eigenvalue weighted by Crippen LogP contribution is -1.99. The van der Waals surface area contributed by atoms with Crippen molar-refractivity contribution in [1.29, 1.82) is 0 Å². The second-order valence-electron chi connectivity index (χ2n) is 3.61. The molecule has 0 amide bonds. The van der Waals surface area contributed by atoms with Gasteiger partial charge in [-0.15, -0.1) is 0 Å². The maximum absolute atomic E-state index is 5.23. The Labute approximate surface area is 80.0 Å². The molecular weight excluding hydrogens is 162 g/mol. The summed E-state index contributed by atoms with van der Waals surface area (Å²) in [5.41, 5.74) is 3.33. The molecule has 0 radical (unpaired) electrons. The number of ether oxygens (including phenoxy) is 1. The van der Waals surface area contributed by atoms with Crippen LogP contribution in [-0.4, -0.2) is 12.1 Å². The molecule has 0 aromatic carbocycles. The van der Waals surface area contributed by atoms with Crippen molar-refractivity contribution in [3.63, 3.8) is 0 Å². The summed E-state index contributed by atoms with van der Waals surface area (Å²) in [6, 6.07) is 2.09. The first-order valence-electron chi connectivity index (χ1n) is 4.58. The van der Waals surface area contributed by atoms with Crippen LogP contribution < -0.4 is 4.74 Å². The topological polar surface area (TPSA) is 22.1 Å². The van der Waals surface area contributed by atoms with Crippen LogP contribution in [0, 0.1) is 13.8 Å². The predicted molar refractivity (Wildman–Crippen MR) is 54.4 cm³/mol. The van der Waals surface area contributed by atoms with Gasteiger partial charge in [-0.2, -0.15) is 0 Å². The molecule has 0 N–H and O–H groups in total. The normalized spacial score (nSPS) is 10.6. The van der Waals surface area contributed by atoms with Crippen LogP contribution in [-0.2, 0) is 0 Å². The van der Waals surface area contributed by atoms with E-state index in [0.29, 0.717) is 5.92 Å². The monoisotopic (exact) mass is 179 g/mol. The van der Waals surface area contributed by atoms with Gasteiger partial charge in [0.1, 0.15) is 5.75 Å². The smallest absolute Gasteiger partial charge is 0.140 e. The van der Waals surface area contributed by atoms with Gasteiger partial charge in [0.25, 0.3) is 0 Å². The van der Waals surface area contributed by atoms with Crippen LogP contribution in [0.5, 0.6) is 5.75 Å². The largest absolute Gasteiger partial charge is 0.495 e. The van der Waals surface area contributed by atoms with Crippen LogP contribution in [0.1, 0.15) is 36.7 Å². The van der Waals surface area contributed by atoms with Gasteiger partial charge in [-0.1, -0.05) is 13.8 Å². The fourth-order valence-corrected chi connectivity index (χ4v) is 1.51. The lowest BCUT2D eigenvalue weighted by atomic mass is 10.0. The van der Waals surface area contributed by atoms with Crippen molar-refractivity contribution in [3.8, 4) is 5.75 Å². The van der Waals surface area contributed by atoms with E-state index in [1.54, 1.807) is 7.11 Å². The third-order valence-electron chi connectivity index (χ3n) is 2.24. The van der Waals surface area contributed by atoms with Gasteiger partial charge in [-0.05, 0) is 31.4 Å². The summed E-state index contributed by atoms with van der Waals surface area (Å²) < 4.78 is 5.23. The molecule has 0 unspecified atom stereocenters. The summed E-state index contributed by atoms with van der Waals surface area (Å²) in [5, 5.41) is 0. The molecule has 72 valence electrons. The second kappa shape index (κ2) is 3.77. The van der Waals surface area contributed by atoms with Crippen LogP contribution in [0.15, 0.2) is 6.07 Å². The maximum atomic E-state index is 5.23. The summed E-state index contributed by atoms with van der Waals surface area (Å²) in [4.78, 5) is 4.44. The Bertz CT molecular complexity index is 305. The Morgan fingerprint density at radius 3 is 2.31 bits per heavy atom. The SMILES string of the molecule is COc1cc(C(C)C)c(C)nc1C. The van der Waals surface area contributed by atoms with Crippen molar-refractivity contribution in [2.24, 2.45) is 0 Å². The Balaban J connectivity index is 3.22. The van der Waals surface area contributed by atoms with Crippen LogP contribution in [0.4, 0.5) is 0 Å². The third kappa shape index (κ3) is 2.00. The van der Waals surface area contributed by atoms with Crippen molar-refractivity contribution in [3.05, 3.63) is 23.0 Å². The van der Waals surface area contributed by atoms with Crippen molar-refractivity contribution in [2.75, 3.05) is 7.11 Å². The van der Waals surface area contributed by atoms with Gasteiger partial charge in [-0.3, -0.25) is 4.98 Å². The molecule has 1 aromatic heterocycles. The number of nitrogens with zero attached hydrogens (tertiary/aromatic N) is 1. The molecule has 0 bridgehead atoms. The molecule has 0 spiro atoms. The quantitative estimate of drug-likeness (QED) is 0.696. The molecule has 2 heteroatoms. The average molecular weight is 179 g/mol. The van der Waals surface area contributed by atoms with Crippen molar-refractivity contribution in [1.82, 2.24) is 4.98 Å². The number of hydrogen-bond acceptors (Lipinski definition) is 2. The molecule has 1 aromatic rings. The fraction of sp³-hybridized carbons (Fsp3) is 0.545. The Kier molecular flexibility index (Phi) is 2.91. The molecule has 0 atom stereocenters. The van der Waals surface area contributed by atoms with Crippen molar-refractivity contribution < 1.29 is 4.74 Å². The first-order chi connectivity index (χ1) is 6.06. The van der Waals surface area contributed by atoms with Crippen molar-refractivity contribution in [2.45, 2.75) is 33.6 Å². The van der Waals surface area contributed by atoms with Gasteiger partial charge in [0.05, 0.1) is 12.8 Å². The van der Waals surface area contributed by atoms with E-state index in [2.05, 4.69) is 24.9 Å². The van der Waals surface area contributed by atoms with Gasteiger partial charge in [0.2, 0.25) is 0 Å². The van der Waals surface area contributed by atoms with E-state index >= 15 is 0 Å². The Morgan fingerprint density at radius 1 is 1.23 bits per heavy atom. The van der Waals surface area contributed by atoms with Gasteiger partial charge >= 0.3 is 0 Å². The fourth-order valence-electron chi connectivity index (χ4n) is 1.51. The highest BCUT2D eigenvalue weighted by molar-refractivity contribution is 5.36. The van der Waals surface area contributed by atoms with E-state index in [1.165, 1.54) is 5.56 Å². The van der Waals surface area contributed by atoms with Gasteiger partial charge in [0.15, 0.2) is 0 Å². The molecular formula is C11H17NO. The molecule has 0 saturated carbocycles. The number of rotatable bonds is 2. The molecule has 1 rings (SSSR count). The van der Waals surface area contributed by atoms with Crippen LogP contribution in [0.25, 0.3) is 0 Å². The average Bonchev–Trinajstić information content (AvgIpc) is 2.03. The van der Waals surface area contributed by atoms with E-state index in [9.17, 15) is 0 Å². The molecule has 1 heterocycles. The molecule has 0 saturated heterocycles. The number of pyridine rings is 1. The van der Waals surface area contributed by atoms with Crippen LogP contribution >= 0.6 is 0 Å². The van der Waals surface area contributed by atoms with E-state index in [0.717, 1.165) is 17.1 Å². The summed E-state index contributed by atoms with van der Waals surface area (Å²) in [6.45, 7) is 8.34. The first kappa shape index (κ1) is 10.0. The summed E-state index contributed by atoms with van der Waals surface area (Å²) in [5.74, 6) is 1.39.